The third kappa shape index (κ3) is 2.97. The number of hydrogen-bond donors (Lipinski definition) is 1. The smallest absolute Gasteiger partial charge is 0.291 e. The number of amides is 1. The van der Waals surface area contributed by atoms with Crippen LogP contribution >= 0.6 is 15.9 Å². The van der Waals surface area contributed by atoms with Crippen molar-refractivity contribution < 1.29 is 9.21 Å². The first-order chi connectivity index (χ1) is 10.6. The van der Waals surface area contributed by atoms with Crippen LogP contribution in [0.1, 0.15) is 16.1 Å². The van der Waals surface area contributed by atoms with Crippen molar-refractivity contribution in [2.75, 3.05) is 5.32 Å². The van der Waals surface area contributed by atoms with Crippen molar-refractivity contribution in [1.29, 1.82) is 0 Å². The summed E-state index contributed by atoms with van der Waals surface area (Å²) in [6.07, 6.45) is 0. The Balaban J connectivity index is 1.82. The van der Waals surface area contributed by atoms with Gasteiger partial charge in [0.25, 0.3) is 5.91 Å². The van der Waals surface area contributed by atoms with Crippen molar-refractivity contribution in [2.45, 2.75) is 6.92 Å². The first kappa shape index (κ1) is 14.6. The molecule has 3 rings (SSSR count). The molecule has 1 heterocycles. The summed E-state index contributed by atoms with van der Waals surface area (Å²) in [7, 11) is 0. The molecular formula is C18H14BrNO2. The van der Waals surface area contributed by atoms with Crippen molar-refractivity contribution in [2.24, 2.45) is 0 Å². The summed E-state index contributed by atoms with van der Waals surface area (Å²) in [6, 6.07) is 18.9. The lowest BCUT2D eigenvalue weighted by molar-refractivity contribution is 0.0997. The van der Waals surface area contributed by atoms with E-state index in [1.54, 1.807) is 12.1 Å². The molecule has 0 radical (unpaired) electrons. The zero-order valence-corrected chi connectivity index (χ0v) is 13.6. The minimum absolute atomic E-state index is 0.261. The number of halogens is 1. The molecule has 0 saturated carbocycles. The van der Waals surface area contributed by atoms with Crippen molar-refractivity contribution in [3.05, 3.63) is 76.5 Å². The highest BCUT2D eigenvalue weighted by molar-refractivity contribution is 9.10. The maximum Gasteiger partial charge on any atom is 0.291 e. The van der Waals surface area contributed by atoms with Gasteiger partial charge in [0.05, 0.1) is 0 Å². The highest BCUT2D eigenvalue weighted by atomic mass is 79.9. The Hall–Kier alpha value is -2.33. The number of anilines is 1. The van der Waals surface area contributed by atoms with Gasteiger partial charge in [-0.25, -0.2) is 0 Å². The molecule has 0 aliphatic heterocycles. The Morgan fingerprint density at radius 1 is 1.00 bits per heavy atom. The van der Waals surface area contributed by atoms with Gasteiger partial charge in [0, 0.05) is 15.7 Å². The predicted octanol–water partition coefficient (Wildman–Crippen LogP) is 5.27. The topological polar surface area (TPSA) is 42.2 Å². The molecule has 1 N–H and O–H groups in total. The van der Waals surface area contributed by atoms with E-state index in [1.165, 1.54) is 0 Å². The molecule has 0 unspecified atom stereocenters. The zero-order valence-electron chi connectivity index (χ0n) is 12.0. The van der Waals surface area contributed by atoms with Crippen LogP contribution in [0, 0.1) is 6.92 Å². The van der Waals surface area contributed by atoms with E-state index in [0.717, 1.165) is 21.3 Å². The van der Waals surface area contributed by atoms with Gasteiger partial charge in [-0.05, 0) is 36.8 Å². The summed E-state index contributed by atoms with van der Waals surface area (Å²) in [5.41, 5.74) is 2.68. The van der Waals surface area contributed by atoms with Crippen LogP contribution in [0.25, 0.3) is 11.3 Å². The molecule has 4 heteroatoms. The number of rotatable bonds is 3. The van der Waals surface area contributed by atoms with Crippen LogP contribution in [0.15, 0.2) is 69.6 Å². The average molecular weight is 356 g/mol. The number of hydrogen-bond acceptors (Lipinski definition) is 2. The molecule has 1 amide bonds. The quantitative estimate of drug-likeness (QED) is 0.695. The number of furan rings is 1. The molecule has 0 bridgehead atoms. The Bertz CT molecular complexity index is 809. The van der Waals surface area contributed by atoms with Crippen molar-refractivity contribution in [3.63, 3.8) is 0 Å². The maximum absolute atomic E-state index is 12.3. The molecule has 2 aromatic carbocycles. The standard InChI is InChI=1S/C18H14BrNO2/c1-12-14(19)8-5-9-15(12)20-18(21)17-11-10-16(22-17)13-6-3-2-4-7-13/h2-11H,1H3,(H,20,21). The maximum atomic E-state index is 12.3. The summed E-state index contributed by atoms with van der Waals surface area (Å²) < 4.78 is 6.60. The van der Waals surface area contributed by atoms with Crippen molar-refractivity contribution >= 4 is 27.5 Å². The molecule has 0 spiro atoms. The number of benzene rings is 2. The minimum atomic E-state index is -0.261. The fourth-order valence-corrected chi connectivity index (χ4v) is 2.51. The van der Waals surface area contributed by atoms with Crippen molar-refractivity contribution in [1.82, 2.24) is 0 Å². The van der Waals surface area contributed by atoms with Gasteiger partial charge in [-0.3, -0.25) is 4.79 Å². The Kier molecular flexibility index (Phi) is 4.11. The minimum Gasteiger partial charge on any atom is -0.451 e. The third-order valence-electron chi connectivity index (χ3n) is 3.40. The fraction of sp³-hybridized carbons (Fsp3) is 0.0556. The van der Waals surface area contributed by atoms with E-state index in [2.05, 4.69) is 21.2 Å². The van der Waals surface area contributed by atoms with Gasteiger partial charge < -0.3 is 9.73 Å². The Labute approximate surface area is 137 Å². The highest BCUT2D eigenvalue weighted by Gasteiger charge is 2.13. The van der Waals surface area contributed by atoms with Gasteiger partial charge in [0.1, 0.15) is 5.76 Å². The molecule has 0 fully saturated rings. The first-order valence-corrected chi connectivity index (χ1v) is 7.66. The second-order valence-electron chi connectivity index (χ2n) is 4.90. The summed E-state index contributed by atoms with van der Waals surface area (Å²) in [5.74, 6) is 0.707. The summed E-state index contributed by atoms with van der Waals surface area (Å²) >= 11 is 3.45. The van der Waals surface area contributed by atoms with E-state index in [4.69, 9.17) is 4.42 Å². The number of nitrogens with one attached hydrogen (secondary N) is 1. The molecule has 1 aromatic heterocycles. The lowest BCUT2D eigenvalue weighted by atomic mass is 10.2. The molecular weight excluding hydrogens is 342 g/mol. The zero-order chi connectivity index (χ0) is 15.5. The van der Waals surface area contributed by atoms with Crippen LogP contribution in [0.4, 0.5) is 5.69 Å². The van der Waals surface area contributed by atoms with Gasteiger partial charge >= 0.3 is 0 Å². The average Bonchev–Trinajstić information content (AvgIpc) is 3.03. The normalized spacial score (nSPS) is 10.5. The van der Waals surface area contributed by atoms with Gasteiger partial charge in [-0.15, -0.1) is 0 Å². The van der Waals surface area contributed by atoms with Crippen LogP contribution in [0.5, 0.6) is 0 Å². The van der Waals surface area contributed by atoms with Gasteiger partial charge in [-0.1, -0.05) is 52.3 Å². The first-order valence-electron chi connectivity index (χ1n) is 6.87. The Morgan fingerprint density at radius 2 is 1.77 bits per heavy atom. The van der Waals surface area contributed by atoms with Gasteiger partial charge in [-0.2, -0.15) is 0 Å². The molecule has 110 valence electrons. The fourth-order valence-electron chi connectivity index (χ4n) is 2.14. The number of carbonyl (C=O) groups excluding carboxylic acids is 1. The van der Waals surface area contributed by atoms with E-state index in [9.17, 15) is 4.79 Å². The molecule has 22 heavy (non-hydrogen) atoms. The molecule has 0 saturated heterocycles. The second-order valence-corrected chi connectivity index (χ2v) is 5.75. The molecule has 0 aliphatic rings. The van der Waals surface area contributed by atoms with E-state index in [1.807, 2.05) is 55.5 Å². The lowest BCUT2D eigenvalue weighted by Crippen LogP contribution is -2.11. The van der Waals surface area contributed by atoms with Crippen LogP contribution in [-0.2, 0) is 0 Å². The largest absolute Gasteiger partial charge is 0.451 e. The summed E-state index contributed by atoms with van der Waals surface area (Å²) in [5, 5.41) is 2.87. The van der Waals surface area contributed by atoms with Gasteiger partial charge in [0.15, 0.2) is 5.76 Å². The van der Waals surface area contributed by atoms with E-state index >= 15 is 0 Å². The SMILES string of the molecule is Cc1c(Br)cccc1NC(=O)c1ccc(-c2ccccc2)o1. The lowest BCUT2D eigenvalue weighted by Gasteiger charge is -2.08. The third-order valence-corrected chi connectivity index (χ3v) is 4.26. The van der Waals surface area contributed by atoms with Crippen LogP contribution < -0.4 is 5.32 Å². The summed E-state index contributed by atoms with van der Waals surface area (Å²) in [6.45, 7) is 1.94. The monoisotopic (exact) mass is 355 g/mol. The molecule has 3 nitrogen and oxygen atoms in total. The number of carbonyl (C=O) groups is 1. The predicted molar refractivity (Wildman–Crippen MR) is 91.0 cm³/mol. The highest BCUT2D eigenvalue weighted by Crippen LogP contribution is 2.25. The van der Waals surface area contributed by atoms with E-state index < -0.39 is 0 Å². The van der Waals surface area contributed by atoms with E-state index in [-0.39, 0.29) is 5.91 Å². The van der Waals surface area contributed by atoms with Crippen LogP contribution in [0.3, 0.4) is 0 Å². The van der Waals surface area contributed by atoms with Crippen LogP contribution in [-0.4, -0.2) is 5.91 Å². The molecule has 3 aromatic rings. The molecule has 0 atom stereocenters. The van der Waals surface area contributed by atoms with Gasteiger partial charge in [0.2, 0.25) is 0 Å². The van der Waals surface area contributed by atoms with Crippen LogP contribution in [0.2, 0.25) is 0 Å². The summed E-state index contributed by atoms with van der Waals surface area (Å²) in [4.78, 5) is 12.3. The van der Waals surface area contributed by atoms with Crippen molar-refractivity contribution in [3.8, 4) is 11.3 Å². The molecule has 0 aliphatic carbocycles. The second kappa shape index (κ2) is 6.20. The Morgan fingerprint density at radius 3 is 2.55 bits per heavy atom. The van der Waals surface area contributed by atoms with E-state index in [0.29, 0.717) is 11.5 Å².